The molecule has 1 aliphatic heterocycles. The fourth-order valence-electron chi connectivity index (χ4n) is 2.93. The van der Waals surface area contributed by atoms with Crippen molar-refractivity contribution < 1.29 is 14.3 Å². The molecule has 0 aliphatic carbocycles. The summed E-state index contributed by atoms with van der Waals surface area (Å²) in [4.78, 5) is 28.2. The molecule has 4 rings (SSSR count). The highest BCUT2D eigenvalue weighted by atomic mass is 16.5. The van der Waals surface area contributed by atoms with Gasteiger partial charge in [-0.05, 0) is 53.6 Å². The first-order valence-corrected chi connectivity index (χ1v) is 8.54. The maximum atomic E-state index is 12.7. The number of hydrogen-bond acceptors (Lipinski definition) is 4. The number of hydrogen-bond donors (Lipinski definition) is 2. The van der Waals surface area contributed by atoms with E-state index in [2.05, 4.69) is 15.6 Å². The van der Waals surface area contributed by atoms with E-state index in [-0.39, 0.29) is 11.8 Å². The Bertz CT molecular complexity index is 1000. The second-order valence-electron chi connectivity index (χ2n) is 6.19. The van der Waals surface area contributed by atoms with Gasteiger partial charge in [0, 0.05) is 23.8 Å². The molecule has 0 saturated carbocycles. The second kappa shape index (κ2) is 7.29. The summed E-state index contributed by atoms with van der Waals surface area (Å²) in [6, 6.07) is 16.2. The zero-order chi connectivity index (χ0) is 18.6. The van der Waals surface area contributed by atoms with Crippen molar-refractivity contribution in [1.82, 2.24) is 4.98 Å². The quantitative estimate of drug-likeness (QED) is 0.732. The average molecular weight is 359 g/mol. The van der Waals surface area contributed by atoms with Crippen molar-refractivity contribution in [2.45, 2.75) is 13.0 Å². The Morgan fingerprint density at radius 3 is 2.78 bits per heavy atom. The molecule has 6 nitrogen and oxygen atoms in total. The number of para-hydroxylation sites is 1. The topological polar surface area (TPSA) is 80.3 Å². The molecule has 1 aliphatic rings. The Morgan fingerprint density at radius 2 is 1.93 bits per heavy atom. The SMILES string of the molecule is O=C1Cc2cc(NC(=O)c3ccccc3OCc3ccncc3)ccc2N1. The van der Waals surface area contributed by atoms with Gasteiger partial charge in [-0.3, -0.25) is 14.6 Å². The van der Waals surface area contributed by atoms with Crippen molar-refractivity contribution in [3.63, 3.8) is 0 Å². The third-order valence-corrected chi connectivity index (χ3v) is 4.26. The van der Waals surface area contributed by atoms with Crippen LogP contribution in [0.2, 0.25) is 0 Å². The number of rotatable bonds is 5. The van der Waals surface area contributed by atoms with Crippen molar-refractivity contribution in [2.75, 3.05) is 10.6 Å². The lowest BCUT2D eigenvalue weighted by molar-refractivity contribution is -0.115. The molecule has 27 heavy (non-hydrogen) atoms. The van der Waals surface area contributed by atoms with Crippen LogP contribution in [0.15, 0.2) is 67.0 Å². The molecule has 0 fully saturated rings. The molecule has 134 valence electrons. The summed E-state index contributed by atoms with van der Waals surface area (Å²) in [5, 5.41) is 5.65. The minimum absolute atomic E-state index is 0.0386. The highest BCUT2D eigenvalue weighted by Crippen LogP contribution is 2.27. The molecule has 2 N–H and O–H groups in total. The van der Waals surface area contributed by atoms with Crippen LogP contribution in [-0.4, -0.2) is 16.8 Å². The first kappa shape index (κ1) is 16.8. The smallest absolute Gasteiger partial charge is 0.259 e. The van der Waals surface area contributed by atoms with E-state index in [0.717, 1.165) is 16.8 Å². The Hall–Kier alpha value is -3.67. The van der Waals surface area contributed by atoms with E-state index in [1.165, 1.54) is 0 Å². The highest BCUT2D eigenvalue weighted by Gasteiger charge is 2.19. The lowest BCUT2D eigenvalue weighted by Gasteiger charge is -2.12. The van der Waals surface area contributed by atoms with Gasteiger partial charge in [-0.1, -0.05) is 12.1 Å². The molecule has 3 aromatic rings. The van der Waals surface area contributed by atoms with Crippen LogP contribution in [0.1, 0.15) is 21.5 Å². The molecule has 0 unspecified atom stereocenters. The van der Waals surface area contributed by atoms with Crippen molar-refractivity contribution in [3.8, 4) is 5.75 Å². The molecule has 6 heteroatoms. The van der Waals surface area contributed by atoms with Gasteiger partial charge in [0.2, 0.25) is 5.91 Å². The van der Waals surface area contributed by atoms with E-state index < -0.39 is 0 Å². The number of carbonyl (C=O) groups excluding carboxylic acids is 2. The summed E-state index contributed by atoms with van der Waals surface area (Å²) in [5.41, 5.74) is 3.72. The summed E-state index contributed by atoms with van der Waals surface area (Å²) in [5.74, 6) is 0.200. The van der Waals surface area contributed by atoms with Gasteiger partial charge in [0.25, 0.3) is 5.91 Å². The van der Waals surface area contributed by atoms with Gasteiger partial charge < -0.3 is 15.4 Å². The molecule has 0 atom stereocenters. The third-order valence-electron chi connectivity index (χ3n) is 4.26. The van der Waals surface area contributed by atoms with Gasteiger partial charge in [-0.15, -0.1) is 0 Å². The number of ether oxygens (including phenoxy) is 1. The van der Waals surface area contributed by atoms with Gasteiger partial charge >= 0.3 is 0 Å². The summed E-state index contributed by atoms with van der Waals surface area (Å²) in [7, 11) is 0. The summed E-state index contributed by atoms with van der Waals surface area (Å²) >= 11 is 0. The maximum absolute atomic E-state index is 12.7. The van der Waals surface area contributed by atoms with Crippen LogP contribution in [0.5, 0.6) is 5.75 Å². The zero-order valence-corrected chi connectivity index (χ0v) is 14.4. The minimum Gasteiger partial charge on any atom is -0.488 e. The standard InChI is InChI=1S/C21H17N3O3/c25-20-12-15-11-16(5-6-18(15)24-20)23-21(26)17-3-1-2-4-19(17)27-13-14-7-9-22-10-8-14/h1-11H,12-13H2,(H,23,26)(H,24,25). The molecule has 2 aromatic carbocycles. The van der Waals surface area contributed by atoms with E-state index in [1.54, 1.807) is 42.7 Å². The summed E-state index contributed by atoms with van der Waals surface area (Å²) in [6.45, 7) is 0.347. The summed E-state index contributed by atoms with van der Waals surface area (Å²) in [6.07, 6.45) is 3.72. The number of aromatic nitrogens is 1. The van der Waals surface area contributed by atoms with Crippen molar-refractivity contribution >= 4 is 23.2 Å². The van der Waals surface area contributed by atoms with Gasteiger partial charge in [-0.25, -0.2) is 0 Å². The molecule has 0 radical (unpaired) electrons. The summed E-state index contributed by atoms with van der Waals surface area (Å²) < 4.78 is 5.83. The third kappa shape index (κ3) is 3.79. The Labute approximate surface area is 156 Å². The predicted molar refractivity (Wildman–Crippen MR) is 102 cm³/mol. The lowest BCUT2D eigenvalue weighted by atomic mass is 10.1. The zero-order valence-electron chi connectivity index (χ0n) is 14.4. The number of anilines is 2. The van der Waals surface area contributed by atoms with E-state index in [4.69, 9.17) is 4.74 Å². The van der Waals surface area contributed by atoms with Crippen LogP contribution in [-0.2, 0) is 17.8 Å². The van der Waals surface area contributed by atoms with E-state index in [9.17, 15) is 9.59 Å². The van der Waals surface area contributed by atoms with Gasteiger partial charge in [0.1, 0.15) is 12.4 Å². The van der Waals surface area contributed by atoms with Crippen LogP contribution < -0.4 is 15.4 Å². The molecular formula is C21H17N3O3. The number of nitrogens with zero attached hydrogens (tertiary/aromatic N) is 1. The fourth-order valence-corrected chi connectivity index (χ4v) is 2.93. The highest BCUT2D eigenvalue weighted by molar-refractivity contribution is 6.07. The molecular weight excluding hydrogens is 342 g/mol. The Morgan fingerprint density at radius 1 is 1.11 bits per heavy atom. The van der Waals surface area contributed by atoms with E-state index in [1.807, 2.05) is 24.3 Å². The second-order valence-corrected chi connectivity index (χ2v) is 6.19. The maximum Gasteiger partial charge on any atom is 0.259 e. The predicted octanol–water partition coefficient (Wildman–Crippen LogP) is 3.41. The largest absolute Gasteiger partial charge is 0.488 e. The first-order chi connectivity index (χ1) is 13.2. The van der Waals surface area contributed by atoms with Crippen LogP contribution in [0.3, 0.4) is 0 Å². The van der Waals surface area contributed by atoms with E-state index in [0.29, 0.717) is 30.0 Å². The monoisotopic (exact) mass is 359 g/mol. The minimum atomic E-state index is -0.266. The number of fused-ring (bicyclic) bond motifs is 1. The number of amides is 2. The number of pyridine rings is 1. The van der Waals surface area contributed by atoms with Crippen LogP contribution in [0.25, 0.3) is 0 Å². The van der Waals surface area contributed by atoms with Crippen LogP contribution in [0, 0.1) is 0 Å². The Kier molecular flexibility index (Phi) is 4.53. The molecule has 2 amide bonds. The van der Waals surface area contributed by atoms with Gasteiger partial charge in [-0.2, -0.15) is 0 Å². The average Bonchev–Trinajstić information content (AvgIpc) is 3.06. The van der Waals surface area contributed by atoms with Crippen molar-refractivity contribution in [1.29, 1.82) is 0 Å². The normalized spacial score (nSPS) is 12.2. The van der Waals surface area contributed by atoms with Crippen molar-refractivity contribution in [2.24, 2.45) is 0 Å². The van der Waals surface area contributed by atoms with Crippen molar-refractivity contribution in [3.05, 3.63) is 83.7 Å². The molecule has 0 spiro atoms. The number of benzene rings is 2. The number of nitrogens with one attached hydrogen (secondary N) is 2. The first-order valence-electron chi connectivity index (χ1n) is 8.54. The molecule has 0 saturated heterocycles. The van der Waals surface area contributed by atoms with E-state index >= 15 is 0 Å². The molecule has 0 bridgehead atoms. The van der Waals surface area contributed by atoms with Gasteiger partial charge in [0.05, 0.1) is 12.0 Å². The van der Waals surface area contributed by atoms with Crippen LogP contribution >= 0.6 is 0 Å². The Balaban J connectivity index is 1.49. The molecule has 1 aromatic heterocycles. The molecule has 2 heterocycles. The fraction of sp³-hybridized carbons (Fsp3) is 0.0952. The van der Waals surface area contributed by atoms with Gasteiger partial charge in [0.15, 0.2) is 0 Å². The number of carbonyl (C=O) groups is 2. The lowest BCUT2D eigenvalue weighted by Crippen LogP contribution is -2.13. The van der Waals surface area contributed by atoms with Crippen LogP contribution in [0.4, 0.5) is 11.4 Å².